The van der Waals surface area contributed by atoms with Crippen LogP contribution in [0, 0.1) is 11.6 Å². The lowest BCUT2D eigenvalue weighted by Crippen LogP contribution is -2.36. The number of rotatable bonds is 8. The lowest BCUT2D eigenvalue weighted by Gasteiger charge is -2.19. The Morgan fingerprint density at radius 1 is 1.03 bits per heavy atom. The molecule has 0 aliphatic heterocycles. The number of carbonyl (C=O) groups is 1. The van der Waals surface area contributed by atoms with Crippen molar-refractivity contribution < 1.29 is 26.4 Å². The number of amides is 1. The maximum atomic E-state index is 13.3. The van der Waals surface area contributed by atoms with Gasteiger partial charge in [-0.2, -0.15) is 4.31 Å². The van der Waals surface area contributed by atoms with Gasteiger partial charge in [0.15, 0.2) is 0 Å². The molecule has 0 bridgehead atoms. The average molecular weight is 432 g/mol. The van der Waals surface area contributed by atoms with Crippen LogP contribution in [0.15, 0.2) is 76.8 Å². The number of sulfonamides is 1. The Balaban J connectivity index is 1.79. The van der Waals surface area contributed by atoms with Gasteiger partial charge in [0.05, 0.1) is 19.4 Å². The molecular formula is C21H18F2N2O4S. The Bertz CT molecular complexity index is 1110. The van der Waals surface area contributed by atoms with Crippen LogP contribution in [-0.2, 0) is 21.4 Å². The van der Waals surface area contributed by atoms with E-state index >= 15 is 0 Å². The first-order valence-corrected chi connectivity index (χ1v) is 10.3. The van der Waals surface area contributed by atoms with Crippen LogP contribution >= 0.6 is 0 Å². The molecule has 2 aromatic carbocycles. The van der Waals surface area contributed by atoms with Gasteiger partial charge in [0, 0.05) is 17.2 Å². The van der Waals surface area contributed by atoms with Gasteiger partial charge < -0.3 is 9.73 Å². The molecule has 0 radical (unpaired) electrons. The summed E-state index contributed by atoms with van der Waals surface area (Å²) in [5, 5.41) is 3.29. The number of benzene rings is 2. The molecule has 156 valence electrons. The van der Waals surface area contributed by atoms with Crippen LogP contribution in [-0.4, -0.2) is 25.2 Å². The van der Waals surface area contributed by atoms with Crippen LogP contribution < -0.4 is 5.32 Å². The van der Waals surface area contributed by atoms with Crippen molar-refractivity contribution in [3.63, 3.8) is 0 Å². The molecule has 0 aliphatic rings. The van der Waals surface area contributed by atoms with E-state index in [-0.39, 0.29) is 12.2 Å². The Labute approximate surface area is 172 Å². The molecule has 1 aromatic heterocycles. The van der Waals surface area contributed by atoms with Gasteiger partial charge in [-0.05, 0) is 35.9 Å². The van der Waals surface area contributed by atoms with E-state index in [1.807, 2.05) is 0 Å². The Hall–Kier alpha value is -3.30. The van der Waals surface area contributed by atoms with E-state index in [1.54, 1.807) is 42.5 Å². The predicted molar refractivity (Wildman–Crippen MR) is 109 cm³/mol. The fourth-order valence-electron chi connectivity index (χ4n) is 2.61. The number of nitrogens with one attached hydrogen (secondary N) is 1. The van der Waals surface area contributed by atoms with Gasteiger partial charge in [0.1, 0.15) is 17.4 Å². The molecule has 1 heterocycles. The van der Waals surface area contributed by atoms with Crippen molar-refractivity contribution in [3.8, 4) is 0 Å². The minimum Gasteiger partial charge on any atom is -0.468 e. The molecule has 0 atom stereocenters. The highest BCUT2D eigenvalue weighted by Crippen LogP contribution is 2.16. The lowest BCUT2D eigenvalue weighted by molar-refractivity contribution is -0.116. The molecule has 1 N–H and O–H groups in total. The quantitative estimate of drug-likeness (QED) is 0.584. The zero-order valence-corrected chi connectivity index (χ0v) is 16.5. The normalized spacial score (nSPS) is 11.8. The first-order valence-electron chi connectivity index (χ1n) is 8.83. The van der Waals surface area contributed by atoms with Gasteiger partial charge in [0.2, 0.25) is 15.9 Å². The summed E-state index contributed by atoms with van der Waals surface area (Å²) >= 11 is 0. The largest absolute Gasteiger partial charge is 0.468 e. The number of hydrogen-bond acceptors (Lipinski definition) is 4. The Morgan fingerprint density at radius 3 is 2.37 bits per heavy atom. The summed E-state index contributed by atoms with van der Waals surface area (Å²) in [7, 11) is -4.02. The Morgan fingerprint density at radius 2 is 1.73 bits per heavy atom. The van der Waals surface area contributed by atoms with Crippen LogP contribution in [0.4, 0.5) is 14.5 Å². The summed E-state index contributed by atoms with van der Waals surface area (Å²) in [6, 6.07) is 14.5. The van der Waals surface area contributed by atoms with Crippen molar-refractivity contribution in [3.05, 3.63) is 95.3 Å². The van der Waals surface area contributed by atoms with Crippen molar-refractivity contribution in [2.24, 2.45) is 0 Å². The van der Waals surface area contributed by atoms with E-state index in [9.17, 15) is 22.0 Å². The molecule has 1 amide bonds. The maximum Gasteiger partial charge on any atom is 0.239 e. The predicted octanol–water partition coefficient (Wildman–Crippen LogP) is 4.00. The van der Waals surface area contributed by atoms with E-state index in [2.05, 4.69) is 5.32 Å². The third kappa shape index (κ3) is 6.10. The molecule has 30 heavy (non-hydrogen) atoms. The van der Waals surface area contributed by atoms with Crippen LogP contribution in [0.1, 0.15) is 11.3 Å². The monoisotopic (exact) mass is 432 g/mol. The van der Waals surface area contributed by atoms with Crippen LogP contribution in [0.5, 0.6) is 0 Å². The van der Waals surface area contributed by atoms with Crippen molar-refractivity contribution in [2.45, 2.75) is 6.54 Å². The molecule has 0 saturated heterocycles. The second-order valence-electron chi connectivity index (χ2n) is 6.31. The summed E-state index contributed by atoms with van der Waals surface area (Å²) < 4.78 is 58.4. The van der Waals surface area contributed by atoms with Crippen LogP contribution in [0.2, 0.25) is 0 Å². The van der Waals surface area contributed by atoms with Gasteiger partial charge in [0.25, 0.3) is 0 Å². The summed E-state index contributed by atoms with van der Waals surface area (Å²) in [5.74, 6) is -2.16. The maximum absolute atomic E-state index is 13.3. The van der Waals surface area contributed by atoms with E-state index in [0.29, 0.717) is 17.4 Å². The van der Waals surface area contributed by atoms with Crippen molar-refractivity contribution in [2.75, 3.05) is 11.9 Å². The Kier molecular flexibility index (Phi) is 6.76. The first-order chi connectivity index (χ1) is 14.3. The van der Waals surface area contributed by atoms with E-state index in [4.69, 9.17) is 4.42 Å². The molecule has 3 aromatic rings. The highest BCUT2D eigenvalue weighted by Gasteiger charge is 2.24. The van der Waals surface area contributed by atoms with Gasteiger partial charge in [-0.25, -0.2) is 17.2 Å². The molecule has 6 nitrogen and oxygen atoms in total. The second-order valence-corrected chi connectivity index (χ2v) is 8.13. The average Bonchev–Trinajstić information content (AvgIpc) is 3.19. The number of nitrogens with zero attached hydrogens (tertiary/aromatic N) is 1. The topological polar surface area (TPSA) is 79.6 Å². The van der Waals surface area contributed by atoms with Crippen LogP contribution in [0.25, 0.3) is 6.08 Å². The van der Waals surface area contributed by atoms with Gasteiger partial charge >= 0.3 is 0 Å². The molecular weight excluding hydrogens is 414 g/mol. The van der Waals surface area contributed by atoms with E-state index < -0.39 is 34.1 Å². The zero-order chi connectivity index (χ0) is 21.6. The summed E-state index contributed by atoms with van der Waals surface area (Å²) in [6.07, 6.45) is 2.79. The third-order valence-electron chi connectivity index (χ3n) is 3.97. The molecule has 0 saturated carbocycles. The van der Waals surface area contributed by atoms with Gasteiger partial charge in [-0.1, -0.05) is 30.3 Å². The second kappa shape index (κ2) is 9.47. The summed E-state index contributed by atoms with van der Waals surface area (Å²) in [6.45, 7) is -0.778. The molecule has 9 heteroatoms. The summed E-state index contributed by atoms with van der Waals surface area (Å²) in [4.78, 5) is 12.4. The fourth-order valence-corrected chi connectivity index (χ4v) is 3.72. The molecule has 0 spiro atoms. The first kappa shape index (κ1) is 21.4. The number of anilines is 1. The van der Waals surface area contributed by atoms with E-state index in [1.165, 1.54) is 12.3 Å². The van der Waals surface area contributed by atoms with Crippen molar-refractivity contribution in [1.29, 1.82) is 0 Å². The standard InChI is InChI=1S/C21H18F2N2O4S/c22-17-11-18(23)13-19(12-17)24-21(26)15-25(14-20-7-4-9-29-20)30(27,28)10-8-16-5-2-1-3-6-16/h1-13H,14-15H2,(H,24,26)/b10-8+. The smallest absolute Gasteiger partial charge is 0.239 e. The fraction of sp³-hybridized carbons (Fsp3) is 0.0952. The number of hydrogen-bond donors (Lipinski definition) is 1. The van der Waals surface area contributed by atoms with Crippen molar-refractivity contribution >= 4 is 27.7 Å². The molecule has 0 aliphatic carbocycles. The number of furan rings is 1. The van der Waals surface area contributed by atoms with Gasteiger partial charge in [-0.15, -0.1) is 0 Å². The lowest BCUT2D eigenvalue weighted by atomic mass is 10.2. The minimum absolute atomic E-state index is 0.118. The van der Waals surface area contributed by atoms with Gasteiger partial charge in [-0.3, -0.25) is 4.79 Å². The number of carbonyl (C=O) groups excluding carboxylic acids is 1. The van der Waals surface area contributed by atoms with Crippen LogP contribution in [0.3, 0.4) is 0 Å². The molecule has 0 unspecified atom stereocenters. The zero-order valence-electron chi connectivity index (χ0n) is 15.7. The minimum atomic E-state index is -4.02. The highest BCUT2D eigenvalue weighted by atomic mass is 32.2. The summed E-state index contributed by atoms with van der Waals surface area (Å²) in [5.41, 5.74) is 0.548. The molecule has 3 rings (SSSR count). The molecule has 0 fully saturated rings. The van der Waals surface area contributed by atoms with Crippen molar-refractivity contribution in [1.82, 2.24) is 4.31 Å². The third-order valence-corrected chi connectivity index (χ3v) is 5.43. The van der Waals surface area contributed by atoms with E-state index in [0.717, 1.165) is 21.8 Å². The number of halogens is 2. The SMILES string of the molecule is O=C(CN(Cc1ccco1)S(=O)(=O)/C=C/c1ccccc1)Nc1cc(F)cc(F)c1. The highest BCUT2D eigenvalue weighted by molar-refractivity contribution is 7.92.